The van der Waals surface area contributed by atoms with Gasteiger partial charge in [-0.3, -0.25) is 4.90 Å². The quantitative estimate of drug-likeness (QED) is 0.740. The number of piperidine rings is 1. The average molecular weight is 194 g/mol. The second-order valence-electron chi connectivity index (χ2n) is 3.94. The molecular formula is C10H18N4. The first-order chi connectivity index (χ1) is 6.88. The van der Waals surface area contributed by atoms with Crippen LogP contribution in [0, 0.1) is 0 Å². The summed E-state index contributed by atoms with van der Waals surface area (Å²) >= 11 is 0. The van der Waals surface area contributed by atoms with E-state index >= 15 is 0 Å². The predicted molar refractivity (Wildman–Crippen MR) is 55.9 cm³/mol. The van der Waals surface area contributed by atoms with Gasteiger partial charge in [-0.2, -0.15) is 0 Å². The van der Waals surface area contributed by atoms with Crippen molar-refractivity contribution in [2.75, 3.05) is 20.1 Å². The van der Waals surface area contributed by atoms with Crippen molar-refractivity contribution in [3.8, 4) is 0 Å². The van der Waals surface area contributed by atoms with E-state index in [4.69, 9.17) is 0 Å². The molecule has 2 heterocycles. The fourth-order valence-electron chi connectivity index (χ4n) is 2.05. The number of rotatable bonds is 3. The zero-order valence-electron chi connectivity index (χ0n) is 8.66. The molecule has 1 fully saturated rings. The molecular weight excluding hydrogens is 176 g/mol. The molecule has 0 spiro atoms. The highest BCUT2D eigenvalue weighted by molar-refractivity contribution is 4.94. The number of nitrogens with one attached hydrogen (secondary N) is 2. The Kier molecular flexibility index (Phi) is 3.16. The summed E-state index contributed by atoms with van der Waals surface area (Å²) in [5, 5.41) is 3.35. The summed E-state index contributed by atoms with van der Waals surface area (Å²) in [5.74, 6) is 0. The van der Waals surface area contributed by atoms with Crippen molar-refractivity contribution in [3.63, 3.8) is 0 Å². The highest BCUT2D eigenvalue weighted by Gasteiger charge is 2.18. The number of aromatic nitrogens is 2. The third-order valence-corrected chi connectivity index (χ3v) is 2.86. The molecule has 1 aromatic rings. The highest BCUT2D eigenvalue weighted by Crippen LogP contribution is 2.11. The van der Waals surface area contributed by atoms with E-state index in [1.54, 1.807) is 6.33 Å². The summed E-state index contributed by atoms with van der Waals surface area (Å²) in [5.41, 5.74) is 1.21. The largest absolute Gasteiger partial charge is 0.347 e. The van der Waals surface area contributed by atoms with Gasteiger partial charge < -0.3 is 10.3 Å². The summed E-state index contributed by atoms with van der Waals surface area (Å²) in [6.45, 7) is 3.35. The van der Waals surface area contributed by atoms with Gasteiger partial charge in [-0.15, -0.1) is 0 Å². The Morgan fingerprint density at radius 1 is 1.71 bits per heavy atom. The van der Waals surface area contributed by atoms with Crippen LogP contribution in [0.5, 0.6) is 0 Å². The summed E-state index contributed by atoms with van der Waals surface area (Å²) in [4.78, 5) is 9.64. The molecule has 0 radical (unpaired) electrons. The maximum absolute atomic E-state index is 4.03. The smallest absolute Gasteiger partial charge is 0.0922 e. The molecule has 0 aliphatic carbocycles. The Morgan fingerprint density at radius 2 is 2.64 bits per heavy atom. The molecule has 0 aromatic carbocycles. The van der Waals surface area contributed by atoms with Crippen LogP contribution in [0.1, 0.15) is 18.5 Å². The Hall–Kier alpha value is -0.870. The van der Waals surface area contributed by atoms with Gasteiger partial charge in [0.2, 0.25) is 0 Å². The van der Waals surface area contributed by atoms with Crippen LogP contribution in [-0.2, 0) is 6.54 Å². The second kappa shape index (κ2) is 4.57. The van der Waals surface area contributed by atoms with Gasteiger partial charge in [0.1, 0.15) is 0 Å². The number of hydrogen-bond acceptors (Lipinski definition) is 3. The molecule has 1 atom stereocenters. The Labute approximate surface area is 84.7 Å². The molecule has 1 aliphatic heterocycles. The molecule has 1 aliphatic rings. The van der Waals surface area contributed by atoms with Gasteiger partial charge in [0, 0.05) is 31.0 Å². The van der Waals surface area contributed by atoms with Crippen molar-refractivity contribution < 1.29 is 0 Å². The van der Waals surface area contributed by atoms with Crippen molar-refractivity contribution in [1.29, 1.82) is 0 Å². The van der Waals surface area contributed by atoms with E-state index in [-0.39, 0.29) is 0 Å². The van der Waals surface area contributed by atoms with Crippen LogP contribution in [-0.4, -0.2) is 41.0 Å². The molecule has 0 amide bonds. The molecule has 2 N–H and O–H groups in total. The first-order valence-corrected chi connectivity index (χ1v) is 5.25. The zero-order chi connectivity index (χ0) is 9.80. The van der Waals surface area contributed by atoms with Crippen LogP contribution in [0.2, 0.25) is 0 Å². The second-order valence-corrected chi connectivity index (χ2v) is 3.94. The molecule has 4 heteroatoms. The maximum atomic E-state index is 4.03. The van der Waals surface area contributed by atoms with Crippen molar-refractivity contribution >= 4 is 0 Å². The third-order valence-electron chi connectivity index (χ3n) is 2.86. The summed E-state index contributed by atoms with van der Waals surface area (Å²) in [6.07, 6.45) is 6.24. The van der Waals surface area contributed by atoms with Crippen LogP contribution < -0.4 is 5.32 Å². The number of hydrogen-bond donors (Lipinski definition) is 2. The fourth-order valence-corrected chi connectivity index (χ4v) is 2.05. The van der Waals surface area contributed by atoms with E-state index in [0.717, 1.165) is 13.1 Å². The van der Waals surface area contributed by atoms with Gasteiger partial charge >= 0.3 is 0 Å². The minimum absolute atomic E-state index is 0.659. The number of likely N-dealkylation sites (tertiary alicyclic amines) is 1. The standard InChI is InChI=1S/C10H18N4/c1-11-9-3-2-4-14(6-9)7-10-5-12-8-13-10/h5,8-9,11H,2-4,6-7H2,1H3,(H,12,13). The number of aromatic amines is 1. The van der Waals surface area contributed by atoms with Gasteiger partial charge in [-0.25, -0.2) is 4.98 Å². The lowest BCUT2D eigenvalue weighted by Gasteiger charge is -2.32. The molecule has 14 heavy (non-hydrogen) atoms. The number of nitrogens with zero attached hydrogens (tertiary/aromatic N) is 2. The lowest BCUT2D eigenvalue weighted by atomic mass is 10.1. The molecule has 1 aromatic heterocycles. The molecule has 2 rings (SSSR count). The topological polar surface area (TPSA) is 44.0 Å². The van der Waals surface area contributed by atoms with Crippen LogP contribution in [0.3, 0.4) is 0 Å². The SMILES string of the molecule is CNC1CCCN(Cc2cnc[nH]2)C1. The third kappa shape index (κ3) is 2.33. The fraction of sp³-hybridized carbons (Fsp3) is 0.700. The van der Waals surface area contributed by atoms with Crippen molar-refractivity contribution in [3.05, 3.63) is 18.2 Å². The molecule has 1 unspecified atom stereocenters. The van der Waals surface area contributed by atoms with Gasteiger partial charge in [0.15, 0.2) is 0 Å². The van der Waals surface area contributed by atoms with Crippen molar-refractivity contribution in [1.82, 2.24) is 20.2 Å². The van der Waals surface area contributed by atoms with Crippen LogP contribution in [0.4, 0.5) is 0 Å². The number of likely N-dealkylation sites (N-methyl/N-ethyl adjacent to an activating group) is 1. The Balaban J connectivity index is 1.86. The van der Waals surface area contributed by atoms with E-state index in [1.807, 2.05) is 13.2 Å². The number of imidazole rings is 1. The molecule has 0 bridgehead atoms. The van der Waals surface area contributed by atoms with Crippen LogP contribution in [0.15, 0.2) is 12.5 Å². The molecule has 78 valence electrons. The van der Waals surface area contributed by atoms with Crippen molar-refractivity contribution in [2.24, 2.45) is 0 Å². The summed E-state index contributed by atoms with van der Waals surface area (Å²) in [6, 6.07) is 0.659. The average Bonchev–Trinajstić information content (AvgIpc) is 2.71. The normalized spacial score (nSPS) is 23.9. The highest BCUT2D eigenvalue weighted by atomic mass is 15.2. The van der Waals surface area contributed by atoms with E-state index in [2.05, 4.69) is 20.2 Å². The van der Waals surface area contributed by atoms with Gasteiger partial charge in [0.25, 0.3) is 0 Å². The monoisotopic (exact) mass is 194 g/mol. The van der Waals surface area contributed by atoms with Crippen LogP contribution >= 0.6 is 0 Å². The summed E-state index contributed by atoms with van der Waals surface area (Å²) < 4.78 is 0. The van der Waals surface area contributed by atoms with E-state index < -0.39 is 0 Å². The van der Waals surface area contributed by atoms with Crippen molar-refractivity contribution in [2.45, 2.75) is 25.4 Å². The Morgan fingerprint density at radius 3 is 3.36 bits per heavy atom. The van der Waals surface area contributed by atoms with E-state index in [0.29, 0.717) is 6.04 Å². The first kappa shape index (κ1) is 9.68. The predicted octanol–water partition coefficient (Wildman–Crippen LogP) is 0.593. The minimum Gasteiger partial charge on any atom is -0.347 e. The Bertz CT molecular complexity index is 257. The lowest BCUT2D eigenvalue weighted by Crippen LogP contribution is -2.43. The zero-order valence-corrected chi connectivity index (χ0v) is 8.66. The van der Waals surface area contributed by atoms with Gasteiger partial charge in [-0.05, 0) is 26.4 Å². The summed E-state index contributed by atoms with van der Waals surface area (Å²) in [7, 11) is 2.05. The van der Waals surface area contributed by atoms with Gasteiger partial charge in [0.05, 0.1) is 6.33 Å². The number of H-pyrrole nitrogens is 1. The van der Waals surface area contributed by atoms with E-state index in [9.17, 15) is 0 Å². The molecule has 1 saturated heterocycles. The minimum atomic E-state index is 0.659. The lowest BCUT2D eigenvalue weighted by molar-refractivity contribution is 0.186. The first-order valence-electron chi connectivity index (χ1n) is 5.25. The van der Waals surface area contributed by atoms with Gasteiger partial charge in [-0.1, -0.05) is 0 Å². The molecule has 0 saturated carbocycles. The van der Waals surface area contributed by atoms with Crippen LogP contribution in [0.25, 0.3) is 0 Å². The van der Waals surface area contributed by atoms with E-state index in [1.165, 1.54) is 25.1 Å². The maximum Gasteiger partial charge on any atom is 0.0922 e. The molecule has 4 nitrogen and oxygen atoms in total.